The molecule has 34 heavy (non-hydrogen) atoms. The van der Waals surface area contributed by atoms with Crippen LogP contribution in [0.5, 0.6) is 5.75 Å². The molecular weight excluding hydrogens is 428 g/mol. The molecule has 0 aliphatic carbocycles. The molecule has 3 N–H and O–H groups in total. The molecule has 2 heterocycles. The van der Waals surface area contributed by atoms with Crippen molar-refractivity contribution < 1.29 is 9.47 Å². The van der Waals surface area contributed by atoms with Crippen LogP contribution in [-0.4, -0.2) is 29.8 Å². The highest BCUT2D eigenvalue weighted by atomic mass is 16.5. The maximum atomic E-state index is 9.10. The monoisotopic (exact) mass is 454 g/mol. The largest absolute Gasteiger partial charge is 0.497 e. The van der Waals surface area contributed by atoms with Gasteiger partial charge < -0.3 is 20.1 Å². The molecule has 1 aliphatic heterocycles. The molecule has 1 atom stereocenters. The Kier molecular flexibility index (Phi) is 6.94. The molecule has 1 aromatic heterocycles. The zero-order chi connectivity index (χ0) is 23.9. The summed E-state index contributed by atoms with van der Waals surface area (Å²) in [6.45, 7) is 0. The molecule has 0 saturated heterocycles. The van der Waals surface area contributed by atoms with Gasteiger partial charge in [-0.25, -0.2) is 4.68 Å². The lowest BCUT2D eigenvalue weighted by Gasteiger charge is -2.21. The van der Waals surface area contributed by atoms with Crippen LogP contribution in [0.3, 0.4) is 0 Å². The van der Waals surface area contributed by atoms with Gasteiger partial charge in [0.05, 0.1) is 24.3 Å². The average molecular weight is 455 g/mol. The predicted octanol–water partition coefficient (Wildman–Crippen LogP) is 4.55. The molecule has 0 amide bonds. The molecule has 8 heteroatoms. The minimum Gasteiger partial charge on any atom is -0.497 e. The lowest BCUT2D eigenvalue weighted by molar-refractivity contribution is 0.217. The number of allylic oxidation sites excluding steroid dienone is 1. The number of nitrogens with zero attached hydrogens (tertiary/aromatic N) is 3. The summed E-state index contributed by atoms with van der Waals surface area (Å²) in [5, 5.41) is 28.9. The molecule has 8 nitrogen and oxygen atoms in total. The van der Waals surface area contributed by atoms with E-state index in [0.717, 1.165) is 29.8 Å². The van der Waals surface area contributed by atoms with Gasteiger partial charge in [-0.3, -0.25) is 5.41 Å². The molecule has 2 aromatic carbocycles. The van der Waals surface area contributed by atoms with Crippen molar-refractivity contribution in [1.82, 2.24) is 15.1 Å². The Morgan fingerprint density at radius 2 is 2.06 bits per heavy atom. The first-order valence-corrected chi connectivity index (χ1v) is 10.9. The van der Waals surface area contributed by atoms with Crippen LogP contribution in [0.15, 0.2) is 66.9 Å². The third kappa shape index (κ3) is 5.10. The third-order valence-electron chi connectivity index (χ3n) is 5.38. The Balaban J connectivity index is 1.65. The molecular formula is C26H26N6O2. The second-order valence-corrected chi connectivity index (χ2v) is 7.67. The number of hydrogen-bond acceptors (Lipinski definition) is 7. The number of hydrogen-bond donors (Lipinski definition) is 3. The van der Waals surface area contributed by atoms with E-state index < -0.39 is 6.23 Å². The van der Waals surface area contributed by atoms with Crippen molar-refractivity contribution in [3.05, 3.63) is 89.4 Å². The van der Waals surface area contributed by atoms with Crippen molar-refractivity contribution in [3.8, 4) is 11.8 Å². The van der Waals surface area contributed by atoms with Gasteiger partial charge in [0, 0.05) is 36.9 Å². The second kappa shape index (κ2) is 10.4. The number of aryl methyl sites for hydroxylation is 1. The molecule has 0 saturated carbocycles. The topological polar surface area (TPSA) is 108 Å². The Bertz CT molecular complexity index is 1270. The van der Waals surface area contributed by atoms with Crippen LogP contribution in [0.4, 0.5) is 5.69 Å². The summed E-state index contributed by atoms with van der Waals surface area (Å²) in [6, 6.07) is 18.6. The maximum absolute atomic E-state index is 9.10. The third-order valence-corrected chi connectivity index (χ3v) is 5.38. The maximum Gasteiger partial charge on any atom is 0.217 e. The summed E-state index contributed by atoms with van der Waals surface area (Å²) in [4.78, 5) is 0. The summed E-state index contributed by atoms with van der Waals surface area (Å²) < 4.78 is 13.4. The summed E-state index contributed by atoms with van der Waals surface area (Å²) in [5.74, 6) is 0.667. The van der Waals surface area contributed by atoms with Crippen molar-refractivity contribution in [1.29, 1.82) is 10.7 Å². The van der Waals surface area contributed by atoms with Gasteiger partial charge in [0.2, 0.25) is 12.1 Å². The van der Waals surface area contributed by atoms with E-state index in [1.807, 2.05) is 41.2 Å². The quantitative estimate of drug-likeness (QED) is 0.262. The molecule has 172 valence electrons. The van der Waals surface area contributed by atoms with E-state index in [2.05, 4.69) is 27.9 Å². The molecule has 1 unspecified atom stereocenters. The first-order valence-electron chi connectivity index (χ1n) is 10.9. The number of nitriles is 1. The van der Waals surface area contributed by atoms with Crippen molar-refractivity contribution in [3.63, 3.8) is 0 Å². The average Bonchev–Trinajstić information content (AvgIpc) is 3.31. The number of anilines is 1. The Labute approximate surface area is 198 Å². The molecule has 0 fully saturated rings. The number of rotatable bonds is 8. The minimum atomic E-state index is -0.718. The zero-order valence-corrected chi connectivity index (χ0v) is 19.1. The molecule has 0 bridgehead atoms. The highest BCUT2D eigenvalue weighted by molar-refractivity contribution is 6.18. The lowest BCUT2D eigenvalue weighted by atomic mass is 10.0. The number of fused-ring (bicyclic) bond motifs is 1. The highest BCUT2D eigenvalue weighted by Gasteiger charge is 2.23. The van der Waals surface area contributed by atoms with E-state index in [4.69, 9.17) is 20.1 Å². The summed E-state index contributed by atoms with van der Waals surface area (Å²) in [7, 11) is 3.38. The SMILES string of the molecule is CN/C=C(\C(=N)OC(Nc1cccc(OC)c1)c1cc2n(n1)C=CCC2)c1ccc(C#N)cc1. The Morgan fingerprint density at radius 1 is 1.24 bits per heavy atom. The van der Waals surface area contributed by atoms with Crippen LogP contribution in [0.1, 0.15) is 35.2 Å². The first-order chi connectivity index (χ1) is 16.6. The smallest absolute Gasteiger partial charge is 0.217 e. The van der Waals surface area contributed by atoms with Crippen LogP contribution >= 0.6 is 0 Å². The van der Waals surface area contributed by atoms with E-state index in [9.17, 15) is 0 Å². The number of ether oxygens (including phenoxy) is 2. The van der Waals surface area contributed by atoms with E-state index in [1.165, 1.54) is 0 Å². The molecule has 1 aliphatic rings. The fraction of sp³-hybridized carbons (Fsp3) is 0.192. The van der Waals surface area contributed by atoms with Gasteiger partial charge in [-0.05, 0) is 48.7 Å². The van der Waals surface area contributed by atoms with E-state index in [1.54, 1.807) is 44.6 Å². The van der Waals surface area contributed by atoms with Gasteiger partial charge in [0.15, 0.2) is 0 Å². The van der Waals surface area contributed by atoms with Gasteiger partial charge in [0.1, 0.15) is 11.4 Å². The van der Waals surface area contributed by atoms with Crippen LogP contribution in [0.25, 0.3) is 11.8 Å². The fourth-order valence-corrected chi connectivity index (χ4v) is 3.66. The standard InChI is InChI=1S/C26H26N6O2/c1-29-17-23(19-11-9-18(16-27)10-12-19)25(28)34-26(30-20-6-5-8-22(14-20)33-2)24-15-21-7-3-4-13-32(21)31-24/h4-6,8-15,17,26,28-30H,3,7H2,1-2H3/b23-17-,28-25?. The highest BCUT2D eigenvalue weighted by Crippen LogP contribution is 2.27. The van der Waals surface area contributed by atoms with E-state index in [-0.39, 0.29) is 5.90 Å². The van der Waals surface area contributed by atoms with Crippen molar-refractivity contribution in [2.75, 3.05) is 19.5 Å². The van der Waals surface area contributed by atoms with E-state index >= 15 is 0 Å². The molecule has 4 rings (SSSR count). The summed E-state index contributed by atoms with van der Waals surface area (Å²) in [6.07, 6.45) is 6.86. The lowest BCUT2D eigenvalue weighted by Crippen LogP contribution is -2.20. The van der Waals surface area contributed by atoms with Gasteiger partial charge in [0.25, 0.3) is 0 Å². The summed E-state index contributed by atoms with van der Waals surface area (Å²) in [5.41, 5.74) is 4.38. The van der Waals surface area contributed by atoms with Crippen LogP contribution < -0.4 is 15.4 Å². The molecule has 0 spiro atoms. The number of methoxy groups -OCH3 is 1. The van der Waals surface area contributed by atoms with Crippen molar-refractivity contribution in [2.24, 2.45) is 0 Å². The van der Waals surface area contributed by atoms with Gasteiger partial charge in [-0.1, -0.05) is 24.3 Å². The van der Waals surface area contributed by atoms with Gasteiger partial charge >= 0.3 is 0 Å². The van der Waals surface area contributed by atoms with Crippen LogP contribution in [-0.2, 0) is 11.2 Å². The van der Waals surface area contributed by atoms with Gasteiger partial charge in [-0.15, -0.1) is 0 Å². The van der Waals surface area contributed by atoms with Crippen molar-refractivity contribution >= 4 is 23.4 Å². The number of benzene rings is 2. The fourth-order valence-electron chi connectivity index (χ4n) is 3.66. The summed E-state index contributed by atoms with van der Waals surface area (Å²) >= 11 is 0. The number of aromatic nitrogens is 2. The molecule has 3 aromatic rings. The van der Waals surface area contributed by atoms with E-state index in [0.29, 0.717) is 22.6 Å². The van der Waals surface area contributed by atoms with Crippen LogP contribution in [0.2, 0.25) is 0 Å². The zero-order valence-electron chi connectivity index (χ0n) is 19.1. The predicted molar refractivity (Wildman–Crippen MR) is 132 cm³/mol. The number of nitrogens with one attached hydrogen (secondary N) is 3. The molecule has 0 radical (unpaired) electrons. The van der Waals surface area contributed by atoms with Gasteiger partial charge in [-0.2, -0.15) is 10.4 Å². The normalized spacial score (nSPS) is 13.4. The Hall–Kier alpha value is -4.51. The minimum absolute atomic E-state index is 0.0408. The second-order valence-electron chi connectivity index (χ2n) is 7.67. The van der Waals surface area contributed by atoms with Crippen molar-refractivity contribution in [2.45, 2.75) is 19.1 Å². The first kappa shape index (κ1) is 22.7. The van der Waals surface area contributed by atoms with Crippen LogP contribution in [0, 0.1) is 16.7 Å². The Morgan fingerprint density at radius 3 is 2.76 bits per heavy atom.